The van der Waals surface area contributed by atoms with Crippen LogP contribution in [0.3, 0.4) is 0 Å². The molecule has 0 fully saturated rings. The van der Waals surface area contributed by atoms with Crippen LogP contribution < -0.4 is 20.9 Å². The van der Waals surface area contributed by atoms with Crippen LogP contribution in [0.25, 0.3) is 0 Å². The predicted octanol–water partition coefficient (Wildman–Crippen LogP) is 3.92. The Kier molecular flexibility index (Phi) is 15.4. The molecule has 0 aliphatic heterocycles. The lowest BCUT2D eigenvalue weighted by atomic mass is 9.99. The summed E-state index contributed by atoms with van der Waals surface area (Å²) in [5.74, 6) is -0.657. The zero-order valence-electron chi connectivity index (χ0n) is 25.7. The Hall–Kier alpha value is -3.29. The summed E-state index contributed by atoms with van der Waals surface area (Å²) < 4.78 is 27.7. The summed E-state index contributed by atoms with van der Waals surface area (Å²) in [6, 6.07) is 2.61. The van der Waals surface area contributed by atoms with Crippen LogP contribution in [0.1, 0.15) is 91.2 Å². The number of rotatable bonds is 21. The molecule has 42 heavy (non-hydrogen) atoms. The number of ether oxygens (including phenoxy) is 5. The number of methoxy groups -OCH3 is 1. The van der Waals surface area contributed by atoms with E-state index in [9.17, 15) is 24.5 Å². The van der Waals surface area contributed by atoms with Gasteiger partial charge in [-0.3, -0.25) is 24.5 Å². The minimum Gasteiger partial charge on any atom is -0.493 e. The first-order valence-electron chi connectivity index (χ1n) is 14.1. The number of carbonyl (C=O) groups excluding carboxylic acids is 3. The first kappa shape index (κ1) is 36.7. The van der Waals surface area contributed by atoms with Gasteiger partial charge in [0.1, 0.15) is 17.3 Å². The van der Waals surface area contributed by atoms with Crippen molar-refractivity contribution in [3.8, 4) is 11.5 Å². The third kappa shape index (κ3) is 12.7. The number of benzene rings is 1. The molecule has 1 aromatic carbocycles. The van der Waals surface area contributed by atoms with E-state index in [1.807, 2.05) is 0 Å². The van der Waals surface area contributed by atoms with Gasteiger partial charge >= 0.3 is 11.9 Å². The summed E-state index contributed by atoms with van der Waals surface area (Å²) in [6.07, 6.45) is 1.31. The predicted molar refractivity (Wildman–Crippen MR) is 155 cm³/mol. The van der Waals surface area contributed by atoms with Crippen molar-refractivity contribution in [1.82, 2.24) is 0 Å². The molecule has 13 nitrogen and oxygen atoms in total. The molecule has 1 atom stereocenters. The van der Waals surface area contributed by atoms with Gasteiger partial charge in [-0.2, -0.15) is 0 Å². The molecule has 0 saturated heterocycles. The lowest BCUT2D eigenvalue weighted by Gasteiger charge is -2.29. The molecule has 0 spiro atoms. The van der Waals surface area contributed by atoms with Gasteiger partial charge in [0, 0.05) is 25.7 Å². The molecule has 4 N–H and O–H groups in total. The average molecular weight is 598 g/mol. The quantitative estimate of drug-likeness (QED) is 0.0899. The number of nitrogens with zero attached hydrogens (tertiary/aromatic N) is 1. The summed E-state index contributed by atoms with van der Waals surface area (Å²) in [6.45, 7) is 9.52. The second-order valence-corrected chi connectivity index (χ2v) is 11.0. The van der Waals surface area contributed by atoms with Gasteiger partial charge in [-0.25, -0.2) is 0 Å². The maximum absolute atomic E-state index is 12.4. The van der Waals surface area contributed by atoms with Gasteiger partial charge in [-0.15, -0.1) is 0 Å². The monoisotopic (exact) mass is 597 g/mol. The number of carbonyl (C=O) groups is 3. The fourth-order valence-corrected chi connectivity index (χ4v) is 3.89. The third-order valence-electron chi connectivity index (χ3n) is 6.46. The molecule has 0 heterocycles. The highest BCUT2D eigenvalue weighted by Crippen LogP contribution is 2.38. The second-order valence-electron chi connectivity index (χ2n) is 11.0. The summed E-state index contributed by atoms with van der Waals surface area (Å²) >= 11 is 0. The van der Waals surface area contributed by atoms with Crippen molar-refractivity contribution < 1.29 is 43.0 Å². The zero-order chi connectivity index (χ0) is 31.9. The number of nitro groups is 1. The topological polar surface area (TPSA) is 193 Å². The van der Waals surface area contributed by atoms with Crippen molar-refractivity contribution in [2.24, 2.45) is 11.5 Å². The first-order valence-corrected chi connectivity index (χ1v) is 14.1. The molecule has 238 valence electrons. The number of Topliss-reactive ketones (excluding diaryl/α,β-unsaturated/α-hetero) is 1. The van der Waals surface area contributed by atoms with Crippen molar-refractivity contribution in [3.63, 3.8) is 0 Å². The molecule has 1 rings (SSSR count). The van der Waals surface area contributed by atoms with Gasteiger partial charge < -0.3 is 35.2 Å². The summed E-state index contributed by atoms with van der Waals surface area (Å²) in [4.78, 5) is 47.9. The summed E-state index contributed by atoms with van der Waals surface area (Å²) in [7, 11) is 1.39. The number of hydrogen-bond acceptors (Lipinski definition) is 12. The lowest BCUT2D eigenvalue weighted by Crippen LogP contribution is -2.37. The Bertz CT molecular complexity index is 1060. The van der Waals surface area contributed by atoms with Crippen LogP contribution in [0, 0.1) is 10.1 Å². The zero-order valence-corrected chi connectivity index (χ0v) is 25.7. The van der Waals surface area contributed by atoms with Gasteiger partial charge in [0.2, 0.25) is 0 Å². The van der Waals surface area contributed by atoms with E-state index in [1.54, 1.807) is 27.7 Å². The third-order valence-corrected chi connectivity index (χ3v) is 6.46. The van der Waals surface area contributed by atoms with Crippen LogP contribution >= 0.6 is 0 Å². The van der Waals surface area contributed by atoms with Gasteiger partial charge in [0.05, 0.1) is 36.9 Å². The largest absolute Gasteiger partial charge is 0.493 e. The molecule has 0 aromatic heterocycles. The highest BCUT2D eigenvalue weighted by Gasteiger charge is 2.30. The number of nitro benzene ring substituents is 1. The smallest absolute Gasteiger partial charge is 0.306 e. The fraction of sp³-hybridized carbons (Fsp3) is 0.690. The molecule has 0 bridgehead atoms. The molecule has 0 aliphatic carbocycles. The molecule has 0 radical (unpaired) electrons. The Labute approximate surface area is 247 Å². The maximum Gasteiger partial charge on any atom is 0.306 e. The van der Waals surface area contributed by atoms with Crippen molar-refractivity contribution in [1.29, 1.82) is 0 Å². The Morgan fingerprint density at radius 3 is 2.14 bits per heavy atom. The normalized spacial score (nSPS) is 12.4. The van der Waals surface area contributed by atoms with Crippen molar-refractivity contribution in [2.45, 2.75) is 96.9 Å². The van der Waals surface area contributed by atoms with E-state index in [0.29, 0.717) is 38.8 Å². The summed E-state index contributed by atoms with van der Waals surface area (Å²) in [5, 5.41) is 11.8. The van der Waals surface area contributed by atoms with Gasteiger partial charge in [0.15, 0.2) is 17.3 Å². The van der Waals surface area contributed by atoms with Crippen LogP contribution in [-0.4, -0.2) is 67.3 Å². The van der Waals surface area contributed by atoms with Crippen LogP contribution in [-0.2, 0) is 28.6 Å². The van der Waals surface area contributed by atoms with Crippen LogP contribution in [0.5, 0.6) is 11.5 Å². The van der Waals surface area contributed by atoms with E-state index in [4.69, 9.17) is 35.2 Å². The highest BCUT2D eigenvalue weighted by molar-refractivity contribution is 5.86. The van der Waals surface area contributed by atoms with Crippen molar-refractivity contribution >= 4 is 23.4 Å². The number of esters is 2. The highest BCUT2D eigenvalue weighted by atomic mass is 16.6. The number of nitrogens with two attached hydrogens (primary N) is 2. The number of ketones is 1. The molecule has 0 aliphatic rings. The Morgan fingerprint density at radius 1 is 0.929 bits per heavy atom. The minimum absolute atomic E-state index is 0.0318. The molecular formula is C29H47N3O10. The van der Waals surface area contributed by atoms with E-state index in [2.05, 4.69) is 0 Å². The summed E-state index contributed by atoms with van der Waals surface area (Å²) in [5.41, 5.74) is 8.97. The van der Waals surface area contributed by atoms with Crippen LogP contribution in [0.2, 0.25) is 0 Å². The maximum atomic E-state index is 12.4. The van der Waals surface area contributed by atoms with E-state index in [0.717, 1.165) is 0 Å². The van der Waals surface area contributed by atoms with Gasteiger partial charge in [-0.05, 0) is 73.0 Å². The minimum atomic E-state index is -0.951. The molecule has 0 amide bonds. The first-order chi connectivity index (χ1) is 19.7. The Balaban J connectivity index is 2.68. The molecule has 1 aromatic rings. The Morgan fingerprint density at radius 2 is 1.55 bits per heavy atom. The standard InChI is InChI=1S/C29H47N3O10/c1-20(41-26(34)11-8-15-31)21-18-23(38-6)24(19-22(21)32(36)37)39-16-9-12-27(35)42-28(2,3)13-17-40-29(4,5)25(33)10-7-14-30/h18-20H,7-17,30-31H2,1-6H3. The van der Waals surface area contributed by atoms with Crippen molar-refractivity contribution in [3.05, 3.63) is 27.8 Å². The SMILES string of the molecule is COc1cc(C(C)OC(=O)CCCN)c([N+](=O)[O-])cc1OCCCC(=O)OC(C)(C)CCOC(C)(C)C(=O)CCCN. The van der Waals surface area contributed by atoms with Gasteiger partial charge in [0.25, 0.3) is 5.69 Å². The molecule has 0 saturated carbocycles. The fourth-order valence-electron chi connectivity index (χ4n) is 3.89. The average Bonchev–Trinajstić information content (AvgIpc) is 2.91. The molecular weight excluding hydrogens is 550 g/mol. The van der Waals surface area contributed by atoms with Crippen LogP contribution in [0.4, 0.5) is 5.69 Å². The van der Waals surface area contributed by atoms with Crippen molar-refractivity contribution in [2.75, 3.05) is 33.4 Å². The van der Waals surface area contributed by atoms with E-state index >= 15 is 0 Å². The van der Waals surface area contributed by atoms with E-state index < -0.39 is 34.2 Å². The van der Waals surface area contributed by atoms with Gasteiger partial charge in [-0.1, -0.05) is 0 Å². The number of hydrogen-bond donors (Lipinski definition) is 2. The lowest BCUT2D eigenvalue weighted by molar-refractivity contribution is -0.386. The van der Waals surface area contributed by atoms with Crippen LogP contribution in [0.15, 0.2) is 12.1 Å². The van der Waals surface area contributed by atoms with E-state index in [-0.39, 0.29) is 61.0 Å². The second kappa shape index (κ2) is 17.6. The van der Waals surface area contributed by atoms with E-state index in [1.165, 1.54) is 26.2 Å². The molecule has 13 heteroatoms. The molecule has 1 unspecified atom stereocenters.